The maximum Gasteiger partial charge on any atom is 0.256 e. The monoisotopic (exact) mass is 423 g/mol. The minimum absolute atomic E-state index is 0.109. The van der Waals surface area contributed by atoms with Crippen molar-refractivity contribution < 1.29 is 13.9 Å². The van der Waals surface area contributed by atoms with Crippen molar-refractivity contribution >= 4 is 39.2 Å². The van der Waals surface area contributed by atoms with Crippen LogP contribution in [0.2, 0.25) is 0 Å². The van der Waals surface area contributed by atoms with E-state index >= 15 is 0 Å². The molecule has 0 saturated carbocycles. The Bertz CT molecular complexity index is 1040. The van der Waals surface area contributed by atoms with Gasteiger partial charge in [-0.1, -0.05) is 52.3 Å². The maximum atomic E-state index is 13.8. The smallest absolute Gasteiger partial charge is 0.256 e. The molecule has 1 amide bonds. The molecule has 1 N–H and O–H groups in total. The molecular formula is C22H15BrFNO2. The van der Waals surface area contributed by atoms with E-state index in [0.717, 1.165) is 16.8 Å². The van der Waals surface area contributed by atoms with E-state index in [-0.39, 0.29) is 18.3 Å². The summed E-state index contributed by atoms with van der Waals surface area (Å²) < 4.78 is 20.2. The fraction of sp³-hybridized carbons (Fsp3) is 0.0455. The second-order valence-corrected chi connectivity index (χ2v) is 7.07. The van der Waals surface area contributed by atoms with Crippen LogP contribution in [0.3, 0.4) is 0 Å². The van der Waals surface area contributed by atoms with Crippen molar-refractivity contribution in [1.82, 2.24) is 0 Å². The van der Waals surface area contributed by atoms with E-state index in [2.05, 4.69) is 21.2 Å². The van der Waals surface area contributed by atoms with Crippen molar-refractivity contribution in [1.29, 1.82) is 0 Å². The van der Waals surface area contributed by atoms with Gasteiger partial charge in [-0.3, -0.25) is 4.79 Å². The zero-order valence-corrected chi connectivity index (χ0v) is 15.8. The zero-order chi connectivity index (χ0) is 18.8. The molecule has 0 radical (unpaired) electrons. The number of amides is 1. The summed E-state index contributed by atoms with van der Waals surface area (Å²) >= 11 is 3.24. The van der Waals surface area contributed by atoms with Crippen LogP contribution >= 0.6 is 15.9 Å². The maximum absolute atomic E-state index is 13.8. The quantitative estimate of drug-likeness (QED) is 0.549. The van der Waals surface area contributed by atoms with Crippen LogP contribution in [0, 0.1) is 5.82 Å². The lowest BCUT2D eigenvalue weighted by atomic mass is 10.0. The normalized spacial score (nSPS) is 14.1. The van der Waals surface area contributed by atoms with E-state index in [9.17, 15) is 9.18 Å². The van der Waals surface area contributed by atoms with E-state index in [1.54, 1.807) is 12.1 Å². The fourth-order valence-electron chi connectivity index (χ4n) is 2.91. The molecule has 0 unspecified atom stereocenters. The van der Waals surface area contributed by atoms with Gasteiger partial charge in [0.1, 0.15) is 18.2 Å². The Morgan fingerprint density at radius 2 is 1.81 bits per heavy atom. The summed E-state index contributed by atoms with van der Waals surface area (Å²) in [7, 11) is 0. The van der Waals surface area contributed by atoms with Crippen LogP contribution in [0.15, 0.2) is 71.2 Å². The largest absolute Gasteiger partial charge is 0.489 e. The average Bonchev–Trinajstić information content (AvgIpc) is 2.98. The Labute approximate surface area is 164 Å². The molecule has 1 heterocycles. The Morgan fingerprint density at radius 1 is 1.04 bits per heavy atom. The van der Waals surface area contributed by atoms with Gasteiger partial charge in [-0.2, -0.15) is 0 Å². The molecule has 27 heavy (non-hydrogen) atoms. The molecule has 134 valence electrons. The van der Waals surface area contributed by atoms with Crippen LogP contribution in [0.5, 0.6) is 5.75 Å². The first-order valence-electron chi connectivity index (χ1n) is 8.39. The number of hydrogen-bond donors (Lipinski definition) is 1. The van der Waals surface area contributed by atoms with Crippen LogP contribution in [0.1, 0.15) is 16.7 Å². The summed E-state index contributed by atoms with van der Waals surface area (Å²) in [5.74, 6) is 0.217. The topological polar surface area (TPSA) is 38.3 Å². The predicted molar refractivity (Wildman–Crippen MR) is 108 cm³/mol. The lowest BCUT2D eigenvalue weighted by Gasteiger charge is -2.08. The molecular weight excluding hydrogens is 409 g/mol. The lowest BCUT2D eigenvalue weighted by molar-refractivity contribution is -0.110. The molecule has 0 saturated heterocycles. The molecule has 3 aromatic rings. The summed E-state index contributed by atoms with van der Waals surface area (Å²) in [6.07, 6.45) is 1.85. The Balaban J connectivity index is 1.49. The van der Waals surface area contributed by atoms with Crippen molar-refractivity contribution in [3.8, 4) is 5.75 Å². The molecule has 3 aromatic carbocycles. The van der Waals surface area contributed by atoms with Crippen LogP contribution < -0.4 is 10.1 Å². The molecule has 0 bridgehead atoms. The number of anilines is 1. The van der Waals surface area contributed by atoms with E-state index in [0.29, 0.717) is 21.4 Å². The Hall–Kier alpha value is -2.92. The molecule has 5 heteroatoms. The highest BCUT2D eigenvalue weighted by Crippen LogP contribution is 2.32. The van der Waals surface area contributed by atoms with Gasteiger partial charge in [-0.25, -0.2) is 4.39 Å². The summed E-state index contributed by atoms with van der Waals surface area (Å²) in [4.78, 5) is 12.2. The first kappa shape index (κ1) is 17.5. The van der Waals surface area contributed by atoms with Crippen LogP contribution in [0.4, 0.5) is 10.1 Å². The molecule has 0 fully saturated rings. The highest BCUT2D eigenvalue weighted by molar-refractivity contribution is 9.10. The molecule has 0 aromatic heterocycles. The van der Waals surface area contributed by atoms with Gasteiger partial charge in [0.15, 0.2) is 0 Å². The van der Waals surface area contributed by atoms with Crippen molar-refractivity contribution in [2.45, 2.75) is 6.61 Å². The molecule has 0 aliphatic carbocycles. The van der Waals surface area contributed by atoms with Gasteiger partial charge in [0.25, 0.3) is 5.91 Å². The molecule has 4 rings (SSSR count). The van der Waals surface area contributed by atoms with E-state index in [4.69, 9.17) is 4.74 Å². The number of para-hydroxylation sites is 1. The number of halogens is 2. The summed E-state index contributed by atoms with van der Waals surface area (Å²) in [5, 5.41) is 2.86. The van der Waals surface area contributed by atoms with Crippen molar-refractivity contribution in [2.24, 2.45) is 0 Å². The number of fused-ring (bicyclic) bond motifs is 1. The van der Waals surface area contributed by atoms with Crippen LogP contribution in [-0.2, 0) is 11.4 Å². The highest BCUT2D eigenvalue weighted by Gasteiger charge is 2.23. The number of benzene rings is 3. The summed E-state index contributed by atoms with van der Waals surface area (Å²) in [6, 6.07) is 19.8. The number of ether oxygens (including phenoxy) is 1. The average molecular weight is 424 g/mol. The first-order valence-corrected chi connectivity index (χ1v) is 9.19. The molecule has 1 aliphatic heterocycles. The van der Waals surface area contributed by atoms with Crippen molar-refractivity contribution in [3.63, 3.8) is 0 Å². The minimum atomic E-state index is -0.309. The van der Waals surface area contributed by atoms with Crippen LogP contribution in [0.25, 0.3) is 11.6 Å². The van der Waals surface area contributed by atoms with Gasteiger partial charge in [-0.05, 0) is 42.0 Å². The zero-order valence-electron chi connectivity index (χ0n) is 14.2. The standard InChI is InChI=1S/C22H15BrFNO2/c23-16-8-7-15(20(24)12-16)13-27-17-9-5-14(6-10-17)11-19-18-3-1-2-4-21(18)25-22(19)26/h1-12H,13H2,(H,25,26)/b19-11-. The highest BCUT2D eigenvalue weighted by atomic mass is 79.9. The van der Waals surface area contributed by atoms with Crippen LogP contribution in [-0.4, -0.2) is 5.91 Å². The van der Waals surface area contributed by atoms with Crippen molar-refractivity contribution in [2.75, 3.05) is 5.32 Å². The van der Waals surface area contributed by atoms with Gasteiger partial charge < -0.3 is 10.1 Å². The third kappa shape index (κ3) is 3.78. The number of hydrogen-bond acceptors (Lipinski definition) is 2. The van der Waals surface area contributed by atoms with E-state index in [1.807, 2.05) is 54.6 Å². The minimum Gasteiger partial charge on any atom is -0.489 e. The Kier molecular flexibility index (Phi) is 4.77. The summed E-state index contributed by atoms with van der Waals surface area (Å²) in [5.41, 5.74) is 3.73. The van der Waals surface area contributed by atoms with Gasteiger partial charge >= 0.3 is 0 Å². The van der Waals surface area contributed by atoms with Gasteiger partial charge in [0.2, 0.25) is 0 Å². The number of carbonyl (C=O) groups is 1. The van der Waals surface area contributed by atoms with E-state index in [1.165, 1.54) is 6.07 Å². The first-order chi connectivity index (χ1) is 13.1. The third-order valence-corrected chi connectivity index (χ3v) is 4.80. The second-order valence-electron chi connectivity index (χ2n) is 6.15. The van der Waals surface area contributed by atoms with Crippen molar-refractivity contribution in [3.05, 3.63) is 93.7 Å². The lowest BCUT2D eigenvalue weighted by Crippen LogP contribution is -2.03. The predicted octanol–water partition coefficient (Wildman–Crippen LogP) is 5.66. The van der Waals surface area contributed by atoms with E-state index < -0.39 is 0 Å². The number of rotatable bonds is 4. The Morgan fingerprint density at radius 3 is 2.59 bits per heavy atom. The van der Waals surface area contributed by atoms with Gasteiger partial charge in [-0.15, -0.1) is 0 Å². The molecule has 0 spiro atoms. The van der Waals surface area contributed by atoms with Gasteiger partial charge in [0.05, 0.1) is 0 Å². The SMILES string of the molecule is O=C1Nc2ccccc2/C1=C/c1ccc(OCc2ccc(Br)cc2F)cc1. The second kappa shape index (κ2) is 7.37. The molecule has 1 aliphatic rings. The molecule has 3 nitrogen and oxygen atoms in total. The molecule has 0 atom stereocenters. The fourth-order valence-corrected chi connectivity index (χ4v) is 3.24. The third-order valence-electron chi connectivity index (χ3n) is 4.31. The van der Waals surface area contributed by atoms with Gasteiger partial charge in [0, 0.05) is 26.9 Å². The number of nitrogens with one attached hydrogen (secondary N) is 1. The summed E-state index contributed by atoms with van der Waals surface area (Å²) in [6.45, 7) is 0.148. The number of carbonyl (C=O) groups excluding carboxylic acids is 1.